The molecule has 1 aromatic heterocycles. The van der Waals surface area contributed by atoms with Crippen LogP contribution in [-0.2, 0) is 0 Å². The van der Waals surface area contributed by atoms with Crippen molar-refractivity contribution < 1.29 is 9.34 Å². The molecule has 0 atom stereocenters. The summed E-state index contributed by atoms with van der Waals surface area (Å²) in [6.45, 7) is 1.79. The molecule has 1 aromatic carbocycles. The molecule has 0 saturated heterocycles. The summed E-state index contributed by atoms with van der Waals surface area (Å²) in [7, 11) is 5.95. The van der Waals surface area contributed by atoms with Crippen LogP contribution in [0.3, 0.4) is 0 Å². The highest BCUT2D eigenvalue weighted by Gasteiger charge is 2.13. The van der Waals surface area contributed by atoms with Crippen LogP contribution in [0.1, 0.15) is 6.42 Å². The van der Waals surface area contributed by atoms with E-state index in [4.69, 9.17) is 4.42 Å². The Labute approximate surface area is 116 Å². The molecule has 0 aliphatic heterocycles. The lowest BCUT2D eigenvalue weighted by Crippen LogP contribution is -2.23. The van der Waals surface area contributed by atoms with E-state index >= 15 is 0 Å². The van der Waals surface area contributed by atoms with E-state index in [0.717, 1.165) is 19.5 Å². The third-order valence-corrected chi connectivity index (χ3v) is 3.00. The van der Waals surface area contributed by atoms with Crippen LogP contribution in [0.25, 0.3) is 11.1 Å². The fraction of sp³-hybridized carbons (Fsp3) is 0.462. The van der Waals surface area contributed by atoms with E-state index in [1.54, 1.807) is 6.07 Å². The van der Waals surface area contributed by atoms with Crippen LogP contribution >= 0.6 is 0 Å². The van der Waals surface area contributed by atoms with Crippen LogP contribution in [0, 0.1) is 10.1 Å². The van der Waals surface area contributed by atoms with Crippen molar-refractivity contribution in [2.75, 3.05) is 39.1 Å². The molecule has 0 aliphatic rings. The van der Waals surface area contributed by atoms with E-state index in [2.05, 4.69) is 9.88 Å². The van der Waals surface area contributed by atoms with E-state index in [-0.39, 0.29) is 5.69 Å². The second kappa shape index (κ2) is 5.87. The van der Waals surface area contributed by atoms with Crippen LogP contribution in [0.15, 0.2) is 22.6 Å². The molecule has 0 bridgehead atoms. The van der Waals surface area contributed by atoms with Gasteiger partial charge < -0.3 is 14.2 Å². The highest BCUT2D eigenvalue weighted by Crippen LogP contribution is 2.24. The van der Waals surface area contributed by atoms with Gasteiger partial charge in [-0.15, -0.1) is 0 Å². The second-order valence-electron chi connectivity index (χ2n) is 4.98. The lowest BCUT2D eigenvalue weighted by atomic mass is 10.3. The first-order chi connectivity index (χ1) is 9.47. The summed E-state index contributed by atoms with van der Waals surface area (Å²) < 4.78 is 5.60. The Kier molecular flexibility index (Phi) is 4.19. The fourth-order valence-electron chi connectivity index (χ4n) is 1.90. The van der Waals surface area contributed by atoms with Crippen molar-refractivity contribution in [3.8, 4) is 0 Å². The Bertz CT molecular complexity index is 609. The summed E-state index contributed by atoms with van der Waals surface area (Å²) in [4.78, 5) is 18.6. The van der Waals surface area contributed by atoms with Gasteiger partial charge in [-0.05, 0) is 33.1 Å². The minimum atomic E-state index is -0.436. The van der Waals surface area contributed by atoms with Crippen molar-refractivity contribution in [1.82, 2.24) is 9.88 Å². The Hall–Kier alpha value is -2.15. The molecule has 0 unspecified atom stereocenters. The van der Waals surface area contributed by atoms with E-state index in [1.165, 1.54) is 12.1 Å². The molecular formula is C13H18N4O3. The third-order valence-electron chi connectivity index (χ3n) is 3.00. The quantitative estimate of drug-likeness (QED) is 0.595. The number of oxazole rings is 1. The molecule has 0 N–H and O–H groups in total. The monoisotopic (exact) mass is 278 g/mol. The molecule has 0 fully saturated rings. The molecule has 0 amide bonds. The van der Waals surface area contributed by atoms with Gasteiger partial charge in [0.1, 0.15) is 5.52 Å². The number of nitro groups is 1. The highest BCUT2D eigenvalue weighted by atomic mass is 16.6. The maximum atomic E-state index is 10.7. The zero-order valence-corrected chi connectivity index (χ0v) is 11.9. The lowest BCUT2D eigenvalue weighted by Gasteiger charge is -2.15. The van der Waals surface area contributed by atoms with Gasteiger partial charge in [0.25, 0.3) is 11.7 Å². The number of fused-ring (bicyclic) bond motifs is 1. The largest absolute Gasteiger partial charge is 0.423 e. The first-order valence-corrected chi connectivity index (χ1v) is 6.38. The average molecular weight is 278 g/mol. The maximum Gasteiger partial charge on any atom is 0.298 e. The van der Waals surface area contributed by atoms with Gasteiger partial charge in [0.15, 0.2) is 5.58 Å². The number of hydrogen-bond donors (Lipinski definition) is 0. The number of hydrogen-bond acceptors (Lipinski definition) is 6. The number of rotatable bonds is 6. The standard InChI is InChI=1S/C13H18N4O3/c1-15(2)7-4-8-16(3)13-14-11-9-10(17(18)19)5-6-12(11)20-13/h5-6,9H,4,7-8H2,1-3H3. The zero-order valence-electron chi connectivity index (χ0n) is 11.9. The van der Waals surface area contributed by atoms with Gasteiger partial charge in [0.05, 0.1) is 4.92 Å². The summed E-state index contributed by atoms with van der Waals surface area (Å²) in [5, 5.41) is 10.7. The van der Waals surface area contributed by atoms with Gasteiger partial charge >= 0.3 is 0 Å². The SMILES string of the molecule is CN(C)CCCN(C)c1nc2cc([N+](=O)[O-])ccc2o1. The third kappa shape index (κ3) is 3.24. The lowest BCUT2D eigenvalue weighted by molar-refractivity contribution is -0.384. The van der Waals surface area contributed by atoms with Crippen molar-refractivity contribution in [3.05, 3.63) is 28.3 Å². The van der Waals surface area contributed by atoms with Gasteiger partial charge in [-0.25, -0.2) is 0 Å². The van der Waals surface area contributed by atoms with Crippen molar-refractivity contribution in [1.29, 1.82) is 0 Å². The van der Waals surface area contributed by atoms with Crippen LogP contribution < -0.4 is 4.90 Å². The minimum Gasteiger partial charge on any atom is -0.423 e. The highest BCUT2D eigenvalue weighted by molar-refractivity contribution is 5.77. The average Bonchev–Trinajstić information content (AvgIpc) is 2.80. The number of non-ortho nitro benzene ring substituents is 1. The molecule has 7 nitrogen and oxygen atoms in total. The predicted octanol–water partition coefficient (Wildman–Crippen LogP) is 2.12. The predicted molar refractivity (Wildman–Crippen MR) is 77.1 cm³/mol. The Balaban J connectivity index is 2.12. The number of nitro benzene ring substituents is 1. The number of aromatic nitrogens is 1. The first kappa shape index (κ1) is 14.3. The summed E-state index contributed by atoms with van der Waals surface area (Å²) in [5.74, 6) is 0. The van der Waals surface area contributed by atoms with E-state index < -0.39 is 4.92 Å². The van der Waals surface area contributed by atoms with Gasteiger partial charge in [0, 0.05) is 25.7 Å². The Morgan fingerprint density at radius 2 is 2.05 bits per heavy atom. The fourth-order valence-corrected chi connectivity index (χ4v) is 1.90. The molecule has 2 aromatic rings. The molecule has 7 heteroatoms. The molecular weight excluding hydrogens is 260 g/mol. The smallest absolute Gasteiger partial charge is 0.298 e. The van der Waals surface area contributed by atoms with Crippen LogP contribution in [0.5, 0.6) is 0 Å². The number of anilines is 1. The molecule has 0 saturated carbocycles. The first-order valence-electron chi connectivity index (χ1n) is 6.38. The summed E-state index contributed by atoms with van der Waals surface area (Å²) in [6.07, 6.45) is 0.988. The van der Waals surface area contributed by atoms with Crippen molar-refractivity contribution >= 4 is 22.8 Å². The van der Waals surface area contributed by atoms with Crippen molar-refractivity contribution in [3.63, 3.8) is 0 Å². The molecule has 1 heterocycles. The number of nitrogens with zero attached hydrogens (tertiary/aromatic N) is 4. The molecule has 20 heavy (non-hydrogen) atoms. The van der Waals surface area contributed by atoms with Crippen molar-refractivity contribution in [2.24, 2.45) is 0 Å². The van der Waals surface area contributed by atoms with E-state index in [9.17, 15) is 10.1 Å². The summed E-state index contributed by atoms with van der Waals surface area (Å²) in [5.41, 5.74) is 1.09. The van der Waals surface area contributed by atoms with E-state index in [0.29, 0.717) is 17.1 Å². The molecule has 2 rings (SSSR count). The minimum absolute atomic E-state index is 0.0209. The molecule has 0 spiro atoms. The van der Waals surface area contributed by atoms with Crippen LogP contribution in [0.2, 0.25) is 0 Å². The zero-order chi connectivity index (χ0) is 14.7. The van der Waals surface area contributed by atoms with Crippen LogP contribution in [-0.4, -0.2) is 49.0 Å². The Morgan fingerprint density at radius 1 is 1.30 bits per heavy atom. The van der Waals surface area contributed by atoms with Gasteiger partial charge in [-0.2, -0.15) is 4.98 Å². The van der Waals surface area contributed by atoms with Crippen molar-refractivity contribution in [2.45, 2.75) is 6.42 Å². The maximum absolute atomic E-state index is 10.7. The molecule has 0 aliphatic carbocycles. The van der Waals surface area contributed by atoms with Gasteiger partial charge in [-0.3, -0.25) is 10.1 Å². The normalized spacial score (nSPS) is 11.2. The topological polar surface area (TPSA) is 75.7 Å². The second-order valence-corrected chi connectivity index (χ2v) is 4.98. The number of benzene rings is 1. The summed E-state index contributed by atoms with van der Waals surface area (Å²) in [6, 6.07) is 4.91. The van der Waals surface area contributed by atoms with Gasteiger partial charge in [-0.1, -0.05) is 0 Å². The van der Waals surface area contributed by atoms with Crippen LogP contribution in [0.4, 0.5) is 11.7 Å². The van der Waals surface area contributed by atoms with E-state index in [1.807, 2.05) is 26.0 Å². The van der Waals surface area contributed by atoms with Gasteiger partial charge in [0.2, 0.25) is 0 Å². The summed E-state index contributed by atoms with van der Waals surface area (Å²) >= 11 is 0. The molecule has 108 valence electrons. The Morgan fingerprint density at radius 3 is 2.70 bits per heavy atom. The molecule has 0 radical (unpaired) electrons.